The van der Waals surface area contributed by atoms with Gasteiger partial charge in [0, 0.05) is 19.1 Å². The minimum absolute atomic E-state index is 0.142. The van der Waals surface area contributed by atoms with Crippen LogP contribution in [0.5, 0.6) is 5.75 Å². The molecule has 0 saturated carbocycles. The first-order valence-electron chi connectivity index (χ1n) is 6.99. The lowest BCUT2D eigenvalue weighted by Gasteiger charge is -2.17. The van der Waals surface area contributed by atoms with E-state index in [1.165, 1.54) is 0 Å². The number of amides is 1. The summed E-state index contributed by atoms with van der Waals surface area (Å²) < 4.78 is 5.46. The van der Waals surface area contributed by atoms with Gasteiger partial charge in [0.15, 0.2) is 0 Å². The van der Waals surface area contributed by atoms with Gasteiger partial charge in [0.05, 0.1) is 12.1 Å². The van der Waals surface area contributed by atoms with Crippen LogP contribution in [0.1, 0.15) is 18.9 Å². The SMILES string of the molecule is CC1OCCC1CNC(=O)C(N)Cc1ccc(O)cc1. The van der Waals surface area contributed by atoms with Gasteiger partial charge in [0.25, 0.3) is 0 Å². The quantitative estimate of drug-likeness (QED) is 0.744. The molecule has 1 saturated heterocycles. The van der Waals surface area contributed by atoms with Crippen LogP contribution in [0.2, 0.25) is 0 Å². The lowest BCUT2D eigenvalue weighted by atomic mass is 10.0. The predicted octanol–water partition coefficient (Wildman–Crippen LogP) is 0.803. The monoisotopic (exact) mass is 278 g/mol. The Hall–Kier alpha value is -1.59. The van der Waals surface area contributed by atoms with E-state index in [1.54, 1.807) is 24.3 Å². The smallest absolute Gasteiger partial charge is 0.237 e. The summed E-state index contributed by atoms with van der Waals surface area (Å²) in [7, 11) is 0. The molecule has 1 aliphatic rings. The normalized spacial score (nSPS) is 23.5. The minimum atomic E-state index is -0.572. The predicted molar refractivity (Wildman–Crippen MR) is 76.3 cm³/mol. The second-order valence-electron chi connectivity index (χ2n) is 5.35. The van der Waals surface area contributed by atoms with Crippen LogP contribution in [0, 0.1) is 5.92 Å². The molecule has 0 aliphatic carbocycles. The maximum absolute atomic E-state index is 12.0. The summed E-state index contributed by atoms with van der Waals surface area (Å²) in [5.74, 6) is 0.444. The van der Waals surface area contributed by atoms with Gasteiger partial charge in [-0.05, 0) is 37.5 Å². The molecule has 1 fully saturated rings. The minimum Gasteiger partial charge on any atom is -0.508 e. The van der Waals surface area contributed by atoms with Gasteiger partial charge in [0.1, 0.15) is 5.75 Å². The van der Waals surface area contributed by atoms with Crippen LogP contribution in [0.3, 0.4) is 0 Å². The largest absolute Gasteiger partial charge is 0.508 e. The highest BCUT2D eigenvalue weighted by atomic mass is 16.5. The molecule has 20 heavy (non-hydrogen) atoms. The van der Waals surface area contributed by atoms with Crippen molar-refractivity contribution in [3.63, 3.8) is 0 Å². The molecule has 0 bridgehead atoms. The van der Waals surface area contributed by atoms with Crippen LogP contribution in [-0.4, -0.2) is 36.3 Å². The van der Waals surface area contributed by atoms with Crippen molar-refractivity contribution in [2.24, 2.45) is 11.7 Å². The summed E-state index contributed by atoms with van der Waals surface area (Å²) in [5.41, 5.74) is 6.83. The van der Waals surface area contributed by atoms with Gasteiger partial charge in [-0.15, -0.1) is 0 Å². The zero-order chi connectivity index (χ0) is 14.5. The Morgan fingerprint density at radius 3 is 2.80 bits per heavy atom. The molecule has 0 spiro atoms. The summed E-state index contributed by atoms with van der Waals surface area (Å²) in [5, 5.41) is 12.1. The van der Waals surface area contributed by atoms with E-state index in [4.69, 9.17) is 10.5 Å². The van der Waals surface area contributed by atoms with Crippen LogP contribution in [0.25, 0.3) is 0 Å². The maximum Gasteiger partial charge on any atom is 0.237 e. The summed E-state index contributed by atoms with van der Waals surface area (Å²) >= 11 is 0. The van der Waals surface area contributed by atoms with E-state index in [0.29, 0.717) is 18.9 Å². The molecule has 0 radical (unpaired) electrons. The first kappa shape index (κ1) is 14.8. The Labute approximate surface area is 119 Å². The second-order valence-corrected chi connectivity index (χ2v) is 5.35. The molecule has 1 aliphatic heterocycles. The maximum atomic E-state index is 12.0. The number of phenols is 1. The van der Waals surface area contributed by atoms with Crippen molar-refractivity contribution < 1.29 is 14.6 Å². The highest BCUT2D eigenvalue weighted by molar-refractivity contribution is 5.81. The van der Waals surface area contributed by atoms with Crippen LogP contribution in [-0.2, 0) is 16.0 Å². The lowest BCUT2D eigenvalue weighted by Crippen LogP contribution is -2.44. The summed E-state index contributed by atoms with van der Waals surface area (Å²) in [6.45, 7) is 3.41. The second kappa shape index (κ2) is 6.72. The van der Waals surface area contributed by atoms with Gasteiger partial charge < -0.3 is 20.9 Å². The summed E-state index contributed by atoms with van der Waals surface area (Å²) in [6, 6.07) is 6.16. The number of rotatable bonds is 5. The van der Waals surface area contributed by atoms with Crippen molar-refractivity contribution in [1.29, 1.82) is 0 Å². The molecule has 3 atom stereocenters. The molecule has 3 unspecified atom stereocenters. The third kappa shape index (κ3) is 3.95. The topological polar surface area (TPSA) is 84.6 Å². The van der Waals surface area contributed by atoms with Crippen LogP contribution < -0.4 is 11.1 Å². The average molecular weight is 278 g/mol. The van der Waals surface area contributed by atoms with E-state index >= 15 is 0 Å². The molecule has 2 rings (SSSR count). The molecule has 0 aromatic heterocycles. The van der Waals surface area contributed by atoms with Crippen LogP contribution >= 0.6 is 0 Å². The number of hydrogen-bond donors (Lipinski definition) is 3. The fourth-order valence-electron chi connectivity index (χ4n) is 2.39. The fraction of sp³-hybridized carbons (Fsp3) is 0.533. The Balaban J connectivity index is 1.78. The number of nitrogens with one attached hydrogen (secondary N) is 1. The number of aromatic hydroxyl groups is 1. The molecule has 5 nitrogen and oxygen atoms in total. The highest BCUT2D eigenvalue weighted by Gasteiger charge is 2.25. The number of carbonyl (C=O) groups excluding carboxylic acids is 1. The van der Waals surface area contributed by atoms with E-state index in [-0.39, 0.29) is 17.8 Å². The first-order chi connectivity index (χ1) is 9.56. The molecule has 4 N–H and O–H groups in total. The van der Waals surface area contributed by atoms with E-state index in [0.717, 1.165) is 18.6 Å². The van der Waals surface area contributed by atoms with Gasteiger partial charge in [-0.25, -0.2) is 0 Å². The van der Waals surface area contributed by atoms with Gasteiger partial charge >= 0.3 is 0 Å². The standard InChI is InChI=1S/C15H22N2O3/c1-10-12(6-7-20-10)9-17-15(19)14(16)8-11-2-4-13(18)5-3-11/h2-5,10,12,14,18H,6-9,16H2,1H3,(H,17,19). The van der Waals surface area contributed by atoms with E-state index in [1.807, 2.05) is 6.92 Å². The molecule has 1 amide bonds. The van der Waals surface area contributed by atoms with Crippen molar-refractivity contribution in [3.8, 4) is 5.75 Å². The molecular formula is C15H22N2O3. The van der Waals surface area contributed by atoms with Crippen molar-refractivity contribution >= 4 is 5.91 Å². The first-order valence-corrected chi connectivity index (χ1v) is 6.99. The number of carbonyl (C=O) groups is 1. The molecule has 110 valence electrons. The zero-order valence-corrected chi connectivity index (χ0v) is 11.7. The van der Waals surface area contributed by atoms with Gasteiger partial charge in [0.2, 0.25) is 5.91 Å². The number of benzene rings is 1. The number of nitrogens with two attached hydrogens (primary N) is 1. The highest BCUT2D eigenvalue weighted by Crippen LogP contribution is 2.19. The van der Waals surface area contributed by atoms with Crippen molar-refractivity contribution in [2.45, 2.75) is 31.9 Å². The van der Waals surface area contributed by atoms with Gasteiger partial charge in [-0.1, -0.05) is 12.1 Å². The van der Waals surface area contributed by atoms with Gasteiger partial charge in [-0.3, -0.25) is 4.79 Å². The number of phenolic OH excluding ortho intramolecular Hbond substituents is 1. The number of ether oxygens (including phenoxy) is 1. The lowest BCUT2D eigenvalue weighted by molar-refractivity contribution is -0.122. The zero-order valence-electron chi connectivity index (χ0n) is 11.7. The van der Waals surface area contributed by atoms with Gasteiger partial charge in [-0.2, -0.15) is 0 Å². The molecular weight excluding hydrogens is 256 g/mol. The average Bonchev–Trinajstić information content (AvgIpc) is 2.84. The van der Waals surface area contributed by atoms with E-state index in [9.17, 15) is 9.90 Å². The Kier molecular flexibility index (Phi) is 4.98. The molecule has 5 heteroatoms. The fourth-order valence-corrected chi connectivity index (χ4v) is 2.39. The summed E-state index contributed by atoms with van der Waals surface area (Å²) in [4.78, 5) is 12.0. The van der Waals surface area contributed by atoms with E-state index < -0.39 is 6.04 Å². The van der Waals surface area contributed by atoms with Crippen LogP contribution in [0.15, 0.2) is 24.3 Å². The molecule has 1 aromatic carbocycles. The third-order valence-electron chi connectivity index (χ3n) is 3.80. The molecule has 1 heterocycles. The Morgan fingerprint density at radius 1 is 1.50 bits per heavy atom. The Morgan fingerprint density at radius 2 is 2.20 bits per heavy atom. The summed E-state index contributed by atoms with van der Waals surface area (Å²) in [6.07, 6.45) is 1.64. The van der Waals surface area contributed by atoms with Crippen LogP contribution in [0.4, 0.5) is 0 Å². The van der Waals surface area contributed by atoms with E-state index in [2.05, 4.69) is 5.32 Å². The number of hydrogen-bond acceptors (Lipinski definition) is 4. The molecule has 1 aromatic rings. The van der Waals surface area contributed by atoms with Crippen molar-refractivity contribution in [1.82, 2.24) is 5.32 Å². The van der Waals surface area contributed by atoms with Crippen molar-refractivity contribution in [2.75, 3.05) is 13.2 Å². The van der Waals surface area contributed by atoms with Crippen molar-refractivity contribution in [3.05, 3.63) is 29.8 Å². The Bertz CT molecular complexity index is 447. The third-order valence-corrected chi connectivity index (χ3v) is 3.80.